The molecule has 1 N–H and O–H groups in total. The van der Waals surface area contributed by atoms with Gasteiger partial charge in [-0.1, -0.05) is 32.9 Å². The molecule has 1 rings (SSSR count). The predicted molar refractivity (Wildman–Crippen MR) is 69.0 cm³/mol. The van der Waals surface area contributed by atoms with Crippen molar-refractivity contribution in [3.8, 4) is 0 Å². The summed E-state index contributed by atoms with van der Waals surface area (Å²) in [6.07, 6.45) is 0. The summed E-state index contributed by atoms with van der Waals surface area (Å²) in [7, 11) is 1.55. The number of aliphatic carboxylic acids is 1. The monoisotopic (exact) mass is 268 g/mol. The van der Waals surface area contributed by atoms with E-state index in [-0.39, 0.29) is 23.6 Å². The summed E-state index contributed by atoms with van der Waals surface area (Å²) in [4.78, 5) is 24.1. The Morgan fingerprint density at radius 1 is 1.47 bits per heavy atom. The molecule has 0 fully saturated rings. The maximum atomic E-state index is 12.1. The van der Waals surface area contributed by atoms with Crippen LogP contribution in [0.3, 0.4) is 0 Å². The summed E-state index contributed by atoms with van der Waals surface area (Å²) >= 11 is 0. The molecule has 0 saturated heterocycles. The third-order valence-electron chi connectivity index (χ3n) is 2.78. The first-order chi connectivity index (χ1) is 8.62. The molecule has 0 aliphatic carbocycles. The highest BCUT2D eigenvalue weighted by molar-refractivity contribution is 5.92. The molecule has 106 valence electrons. The third-order valence-corrected chi connectivity index (χ3v) is 2.78. The van der Waals surface area contributed by atoms with Gasteiger partial charge in [-0.05, 0) is 0 Å². The van der Waals surface area contributed by atoms with Crippen molar-refractivity contribution in [1.29, 1.82) is 0 Å². The van der Waals surface area contributed by atoms with Gasteiger partial charge in [-0.25, -0.2) is 0 Å². The summed E-state index contributed by atoms with van der Waals surface area (Å²) in [5.41, 5.74) is -0.0247. The summed E-state index contributed by atoms with van der Waals surface area (Å²) in [5.74, 6) is -1.28. The van der Waals surface area contributed by atoms with Crippen molar-refractivity contribution in [3.05, 3.63) is 17.5 Å². The summed E-state index contributed by atoms with van der Waals surface area (Å²) in [6.45, 7) is 7.55. The van der Waals surface area contributed by atoms with E-state index >= 15 is 0 Å². The van der Waals surface area contributed by atoms with Crippen LogP contribution in [0, 0.1) is 5.92 Å². The highest BCUT2D eigenvalue weighted by Gasteiger charge is 2.25. The molecule has 1 atom stereocenters. The molecule has 1 aromatic heterocycles. The zero-order valence-electron chi connectivity index (χ0n) is 11.9. The van der Waals surface area contributed by atoms with Crippen LogP contribution in [0.5, 0.6) is 0 Å². The van der Waals surface area contributed by atoms with E-state index < -0.39 is 11.9 Å². The Morgan fingerprint density at radius 2 is 2.05 bits per heavy atom. The number of carbonyl (C=O) groups is 2. The van der Waals surface area contributed by atoms with Crippen LogP contribution < -0.4 is 0 Å². The number of rotatable bonds is 4. The lowest BCUT2D eigenvalue weighted by Gasteiger charge is -2.17. The highest BCUT2D eigenvalue weighted by Crippen LogP contribution is 2.23. The molecular formula is C13H20N2O4. The van der Waals surface area contributed by atoms with Gasteiger partial charge in [0.05, 0.1) is 5.92 Å². The lowest BCUT2D eigenvalue weighted by Crippen LogP contribution is -2.33. The van der Waals surface area contributed by atoms with Crippen molar-refractivity contribution in [2.45, 2.75) is 33.1 Å². The molecule has 0 aliphatic heterocycles. The van der Waals surface area contributed by atoms with Crippen LogP contribution in [0.4, 0.5) is 0 Å². The van der Waals surface area contributed by atoms with Gasteiger partial charge in [0.15, 0.2) is 5.69 Å². The lowest BCUT2D eigenvalue weighted by atomic mass is 9.93. The first-order valence-corrected chi connectivity index (χ1v) is 6.08. The normalized spacial score (nSPS) is 13.1. The van der Waals surface area contributed by atoms with Gasteiger partial charge in [-0.15, -0.1) is 0 Å². The van der Waals surface area contributed by atoms with Gasteiger partial charge < -0.3 is 14.5 Å². The SMILES string of the molecule is CC(CN(C)C(=O)c1cc(C(C)(C)C)on1)C(=O)O. The van der Waals surface area contributed by atoms with Crippen molar-refractivity contribution in [2.75, 3.05) is 13.6 Å². The Labute approximate surface area is 112 Å². The zero-order chi connectivity index (χ0) is 14.8. The Bertz CT molecular complexity index is 473. The number of hydrogen-bond donors (Lipinski definition) is 1. The maximum absolute atomic E-state index is 12.1. The van der Waals surface area contributed by atoms with Gasteiger partial charge in [0.1, 0.15) is 5.76 Å². The molecule has 6 heteroatoms. The number of aromatic nitrogens is 1. The third kappa shape index (κ3) is 3.81. The Balaban J connectivity index is 2.78. The van der Waals surface area contributed by atoms with E-state index in [1.165, 1.54) is 4.90 Å². The van der Waals surface area contributed by atoms with Crippen LogP contribution in [-0.2, 0) is 10.2 Å². The lowest BCUT2D eigenvalue weighted by molar-refractivity contribution is -0.141. The van der Waals surface area contributed by atoms with Gasteiger partial charge in [-0.2, -0.15) is 0 Å². The van der Waals surface area contributed by atoms with E-state index in [9.17, 15) is 9.59 Å². The minimum absolute atomic E-state index is 0.131. The number of amides is 1. The summed E-state index contributed by atoms with van der Waals surface area (Å²) in [5, 5.41) is 12.6. The average Bonchev–Trinajstić information content (AvgIpc) is 2.76. The standard InChI is InChI=1S/C13H20N2O4/c1-8(12(17)18)7-15(5)11(16)9-6-10(19-14-9)13(2,3)4/h6,8H,7H2,1-5H3,(H,17,18). The molecule has 1 unspecified atom stereocenters. The van der Waals surface area contributed by atoms with E-state index in [2.05, 4.69) is 5.16 Å². The minimum atomic E-state index is -0.935. The molecule has 0 aliphatic rings. The first kappa shape index (κ1) is 15.2. The second-order valence-corrected chi connectivity index (χ2v) is 5.75. The van der Waals surface area contributed by atoms with Gasteiger partial charge in [0.2, 0.25) is 0 Å². The van der Waals surface area contributed by atoms with E-state index in [4.69, 9.17) is 9.63 Å². The van der Waals surface area contributed by atoms with Crippen LogP contribution in [0.2, 0.25) is 0 Å². The topological polar surface area (TPSA) is 83.6 Å². The highest BCUT2D eigenvalue weighted by atomic mass is 16.5. The number of hydrogen-bond acceptors (Lipinski definition) is 4. The summed E-state index contributed by atoms with van der Waals surface area (Å²) in [6, 6.07) is 1.60. The molecule has 1 aromatic rings. The Morgan fingerprint density at radius 3 is 2.47 bits per heavy atom. The van der Waals surface area contributed by atoms with Crippen LogP contribution in [0.1, 0.15) is 43.9 Å². The zero-order valence-corrected chi connectivity index (χ0v) is 11.9. The first-order valence-electron chi connectivity index (χ1n) is 6.08. The smallest absolute Gasteiger partial charge is 0.308 e. The molecule has 19 heavy (non-hydrogen) atoms. The molecule has 0 saturated carbocycles. The Kier molecular flexibility index (Phi) is 4.34. The van der Waals surface area contributed by atoms with Gasteiger partial charge >= 0.3 is 5.97 Å². The van der Waals surface area contributed by atoms with Crippen molar-refractivity contribution >= 4 is 11.9 Å². The Hall–Kier alpha value is -1.85. The molecule has 1 amide bonds. The van der Waals surface area contributed by atoms with E-state index in [0.717, 1.165) is 0 Å². The maximum Gasteiger partial charge on any atom is 0.308 e. The van der Waals surface area contributed by atoms with Crippen LogP contribution in [-0.4, -0.2) is 40.6 Å². The van der Waals surface area contributed by atoms with Crippen LogP contribution in [0.25, 0.3) is 0 Å². The van der Waals surface area contributed by atoms with Crippen molar-refractivity contribution < 1.29 is 19.2 Å². The minimum Gasteiger partial charge on any atom is -0.481 e. The number of nitrogens with zero attached hydrogens (tertiary/aromatic N) is 2. The molecule has 0 spiro atoms. The van der Waals surface area contributed by atoms with E-state index in [1.807, 2.05) is 20.8 Å². The van der Waals surface area contributed by atoms with Crippen molar-refractivity contribution in [3.63, 3.8) is 0 Å². The van der Waals surface area contributed by atoms with Crippen molar-refractivity contribution in [1.82, 2.24) is 10.1 Å². The fourth-order valence-electron chi connectivity index (χ4n) is 1.50. The van der Waals surface area contributed by atoms with Gasteiger partial charge in [0.25, 0.3) is 5.91 Å². The fourth-order valence-corrected chi connectivity index (χ4v) is 1.50. The molecule has 6 nitrogen and oxygen atoms in total. The van der Waals surface area contributed by atoms with Gasteiger partial charge in [0, 0.05) is 25.1 Å². The van der Waals surface area contributed by atoms with Crippen LogP contribution in [0.15, 0.2) is 10.6 Å². The van der Waals surface area contributed by atoms with E-state index in [0.29, 0.717) is 5.76 Å². The predicted octanol–water partition coefficient (Wildman–Crippen LogP) is 1.76. The van der Waals surface area contributed by atoms with Crippen LogP contribution >= 0.6 is 0 Å². The molecule has 0 aromatic carbocycles. The number of carboxylic acids is 1. The average molecular weight is 268 g/mol. The van der Waals surface area contributed by atoms with Crippen molar-refractivity contribution in [2.24, 2.45) is 5.92 Å². The van der Waals surface area contributed by atoms with Gasteiger partial charge in [-0.3, -0.25) is 9.59 Å². The largest absolute Gasteiger partial charge is 0.481 e. The summed E-state index contributed by atoms with van der Waals surface area (Å²) < 4.78 is 5.14. The quantitative estimate of drug-likeness (QED) is 0.899. The number of carbonyl (C=O) groups excluding carboxylic acids is 1. The molecule has 0 bridgehead atoms. The molecule has 0 radical (unpaired) electrons. The second-order valence-electron chi connectivity index (χ2n) is 5.75. The fraction of sp³-hybridized carbons (Fsp3) is 0.615. The molecule has 1 heterocycles. The number of carboxylic acid groups (broad SMARTS) is 1. The molecular weight excluding hydrogens is 248 g/mol. The second kappa shape index (κ2) is 5.42. The van der Waals surface area contributed by atoms with E-state index in [1.54, 1.807) is 20.0 Å².